The molecule has 4 nitrogen and oxygen atoms in total. The van der Waals surface area contributed by atoms with Gasteiger partial charge in [-0.1, -0.05) is 31.8 Å². The lowest BCUT2D eigenvalue weighted by atomic mass is 10.0. The second kappa shape index (κ2) is 16.7. The van der Waals surface area contributed by atoms with Gasteiger partial charge in [-0.3, -0.25) is 0 Å². The SMILES string of the molecule is CCCc1cc(OCC=C(Br)Br)cc(CCC)c1OCCCCCCON=C(C)C. The molecule has 1 rings (SSSR count). The molecule has 0 aliphatic rings. The van der Waals surface area contributed by atoms with Crippen LogP contribution in [0.1, 0.15) is 77.3 Å². The van der Waals surface area contributed by atoms with Crippen LogP contribution in [0, 0.1) is 0 Å². The number of benzene rings is 1. The van der Waals surface area contributed by atoms with Crippen molar-refractivity contribution >= 4 is 37.6 Å². The minimum absolute atomic E-state index is 0.524. The Morgan fingerprint density at radius 2 is 1.50 bits per heavy atom. The van der Waals surface area contributed by atoms with Gasteiger partial charge in [0.15, 0.2) is 0 Å². The molecule has 0 bridgehead atoms. The normalized spacial score (nSPS) is 10.5. The van der Waals surface area contributed by atoms with Gasteiger partial charge in [0.05, 0.1) is 15.7 Å². The minimum atomic E-state index is 0.524. The number of ether oxygens (including phenoxy) is 2. The van der Waals surface area contributed by atoms with Crippen LogP contribution in [0.15, 0.2) is 26.8 Å². The molecule has 6 heteroatoms. The molecule has 170 valence electrons. The van der Waals surface area contributed by atoms with Crippen LogP contribution in [0.3, 0.4) is 0 Å². The van der Waals surface area contributed by atoms with E-state index in [1.807, 2.05) is 19.9 Å². The van der Waals surface area contributed by atoms with Crippen LogP contribution in [0.2, 0.25) is 0 Å². The topological polar surface area (TPSA) is 40.0 Å². The molecule has 0 atom stereocenters. The van der Waals surface area contributed by atoms with Gasteiger partial charge in [0.2, 0.25) is 0 Å². The lowest BCUT2D eigenvalue weighted by Crippen LogP contribution is -2.06. The number of rotatable bonds is 16. The summed E-state index contributed by atoms with van der Waals surface area (Å²) in [6.45, 7) is 10.2. The van der Waals surface area contributed by atoms with Crippen molar-refractivity contribution in [2.24, 2.45) is 5.16 Å². The molecule has 0 heterocycles. The molecule has 0 fully saturated rings. The number of nitrogens with zero attached hydrogens (tertiary/aromatic N) is 1. The maximum atomic E-state index is 6.29. The third-order valence-electron chi connectivity index (χ3n) is 4.37. The van der Waals surface area contributed by atoms with Crippen molar-refractivity contribution < 1.29 is 14.3 Å². The molecule has 0 amide bonds. The summed E-state index contributed by atoms with van der Waals surface area (Å²) in [5.74, 6) is 1.98. The Morgan fingerprint density at radius 3 is 2.03 bits per heavy atom. The molecule has 1 aromatic carbocycles. The monoisotopic (exact) mass is 545 g/mol. The first kappa shape index (κ1) is 27.0. The number of oxime groups is 1. The van der Waals surface area contributed by atoms with Crippen molar-refractivity contribution in [3.8, 4) is 11.5 Å². The number of halogens is 2. The highest BCUT2D eigenvalue weighted by Crippen LogP contribution is 2.32. The number of hydrogen-bond donors (Lipinski definition) is 0. The summed E-state index contributed by atoms with van der Waals surface area (Å²) in [5.41, 5.74) is 3.46. The van der Waals surface area contributed by atoms with Gasteiger partial charge in [0, 0.05) is 0 Å². The van der Waals surface area contributed by atoms with Crippen molar-refractivity contribution in [3.63, 3.8) is 0 Å². The van der Waals surface area contributed by atoms with E-state index in [9.17, 15) is 0 Å². The summed E-state index contributed by atoms with van der Waals surface area (Å²) in [7, 11) is 0. The minimum Gasteiger partial charge on any atom is -0.493 e. The van der Waals surface area contributed by atoms with Crippen LogP contribution in [0.5, 0.6) is 11.5 Å². The second-order valence-electron chi connectivity index (χ2n) is 7.51. The third-order valence-corrected chi connectivity index (χ3v) is 5.01. The predicted molar refractivity (Wildman–Crippen MR) is 135 cm³/mol. The van der Waals surface area contributed by atoms with Crippen LogP contribution < -0.4 is 9.47 Å². The van der Waals surface area contributed by atoms with Gasteiger partial charge < -0.3 is 14.3 Å². The van der Waals surface area contributed by atoms with Crippen LogP contribution in [0.4, 0.5) is 0 Å². The average Bonchev–Trinajstić information content (AvgIpc) is 2.68. The molecule has 30 heavy (non-hydrogen) atoms. The van der Waals surface area contributed by atoms with Crippen molar-refractivity contribution in [1.82, 2.24) is 0 Å². The van der Waals surface area contributed by atoms with E-state index in [1.54, 1.807) is 0 Å². The Bertz CT molecular complexity index is 639. The number of unbranched alkanes of at least 4 members (excludes halogenated alkanes) is 3. The molecule has 0 aliphatic heterocycles. The molecule has 1 aromatic rings. The van der Waals surface area contributed by atoms with E-state index < -0.39 is 0 Å². The first-order chi connectivity index (χ1) is 14.5. The molecule has 0 aliphatic carbocycles. The van der Waals surface area contributed by atoms with Crippen molar-refractivity contribution in [1.29, 1.82) is 0 Å². The van der Waals surface area contributed by atoms with Crippen molar-refractivity contribution in [3.05, 3.63) is 32.7 Å². The molecule has 0 N–H and O–H groups in total. The zero-order valence-corrected chi connectivity index (χ0v) is 22.1. The first-order valence-corrected chi connectivity index (χ1v) is 12.6. The van der Waals surface area contributed by atoms with Crippen molar-refractivity contribution in [2.45, 2.75) is 79.1 Å². The van der Waals surface area contributed by atoms with Gasteiger partial charge in [0.25, 0.3) is 0 Å². The van der Waals surface area contributed by atoms with Crippen LogP contribution >= 0.6 is 31.9 Å². The van der Waals surface area contributed by atoms with E-state index in [4.69, 9.17) is 14.3 Å². The summed E-state index contributed by atoms with van der Waals surface area (Å²) < 4.78 is 13.1. The largest absolute Gasteiger partial charge is 0.493 e. The highest BCUT2D eigenvalue weighted by Gasteiger charge is 2.13. The molecule has 0 unspecified atom stereocenters. The number of hydrogen-bond acceptors (Lipinski definition) is 4. The van der Waals surface area contributed by atoms with Crippen LogP contribution in [-0.4, -0.2) is 25.5 Å². The fourth-order valence-corrected chi connectivity index (χ4v) is 3.34. The van der Waals surface area contributed by atoms with Crippen LogP contribution in [-0.2, 0) is 17.7 Å². The van der Waals surface area contributed by atoms with Crippen molar-refractivity contribution in [2.75, 3.05) is 19.8 Å². The van der Waals surface area contributed by atoms with Gasteiger partial charge in [-0.15, -0.1) is 0 Å². The quantitative estimate of drug-likeness (QED) is 0.120. The summed E-state index contributed by atoms with van der Waals surface area (Å²) in [5, 5.41) is 3.96. The second-order valence-corrected chi connectivity index (χ2v) is 10.3. The predicted octanol–water partition coefficient (Wildman–Crippen LogP) is 7.95. The molecule has 0 saturated carbocycles. The standard InChI is InChI=1S/C24H37Br2NO3/c1-5-11-20-17-22(28-16-13-23(25)26)18-21(12-6-2)24(20)29-14-9-7-8-10-15-30-27-19(3)4/h13,17-18H,5-12,14-16H2,1-4H3. The lowest BCUT2D eigenvalue weighted by molar-refractivity contribution is 0.139. The van der Waals surface area contributed by atoms with E-state index in [2.05, 4.69) is 63.0 Å². The maximum Gasteiger partial charge on any atom is 0.125 e. The number of aryl methyl sites for hydroxylation is 2. The summed E-state index contributed by atoms with van der Waals surface area (Å²) >= 11 is 6.74. The fourth-order valence-electron chi connectivity index (χ4n) is 3.07. The van der Waals surface area contributed by atoms with Gasteiger partial charge in [-0.25, -0.2) is 0 Å². The van der Waals surface area contributed by atoms with E-state index in [0.29, 0.717) is 13.2 Å². The Labute approximate surface area is 199 Å². The molecular formula is C24H37Br2NO3. The summed E-state index contributed by atoms with van der Waals surface area (Å²) in [6.07, 6.45) is 10.5. The highest BCUT2D eigenvalue weighted by atomic mass is 79.9. The van der Waals surface area contributed by atoms with Crippen LogP contribution in [0.25, 0.3) is 0 Å². The van der Waals surface area contributed by atoms with Gasteiger partial charge in [-0.05, 0) is 114 Å². The highest BCUT2D eigenvalue weighted by molar-refractivity contribution is 9.28. The molecule has 0 radical (unpaired) electrons. The Morgan fingerprint density at radius 1 is 0.900 bits per heavy atom. The fraction of sp³-hybridized carbons (Fsp3) is 0.625. The first-order valence-electron chi connectivity index (χ1n) is 11.0. The smallest absolute Gasteiger partial charge is 0.125 e. The third kappa shape index (κ3) is 12.0. The molecular weight excluding hydrogens is 510 g/mol. The Balaban J connectivity index is 2.63. The zero-order chi connectivity index (χ0) is 22.2. The van der Waals surface area contributed by atoms with E-state index in [0.717, 1.165) is 78.6 Å². The zero-order valence-electron chi connectivity index (χ0n) is 18.9. The summed E-state index contributed by atoms with van der Waals surface area (Å²) in [6, 6.07) is 4.28. The maximum absolute atomic E-state index is 6.29. The average molecular weight is 547 g/mol. The molecule has 0 aromatic heterocycles. The lowest BCUT2D eigenvalue weighted by Gasteiger charge is -2.18. The van der Waals surface area contributed by atoms with E-state index in [1.165, 1.54) is 11.1 Å². The van der Waals surface area contributed by atoms with Gasteiger partial charge >= 0.3 is 0 Å². The van der Waals surface area contributed by atoms with E-state index >= 15 is 0 Å². The Kier molecular flexibility index (Phi) is 15.0. The van der Waals surface area contributed by atoms with Gasteiger partial charge in [0.1, 0.15) is 24.7 Å². The van der Waals surface area contributed by atoms with Gasteiger partial charge in [-0.2, -0.15) is 0 Å². The molecule has 0 saturated heterocycles. The summed E-state index contributed by atoms with van der Waals surface area (Å²) in [4.78, 5) is 5.24. The molecule has 0 spiro atoms. The Hall–Kier alpha value is -1.01. The van der Waals surface area contributed by atoms with E-state index in [-0.39, 0.29) is 0 Å².